The summed E-state index contributed by atoms with van der Waals surface area (Å²) >= 11 is 0. The van der Waals surface area contributed by atoms with Gasteiger partial charge in [-0.3, -0.25) is 4.79 Å². The van der Waals surface area contributed by atoms with Crippen molar-refractivity contribution in [1.82, 2.24) is 4.90 Å². The first-order valence-corrected chi connectivity index (χ1v) is 6.78. The molecule has 0 saturated carbocycles. The Morgan fingerprint density at radius 3 is 2.58 bits per heavy atom. The zero-order valence-corrected chi connectivity index (χ0v) is 11.1. The highest BCUT2D eigenvalue weighted by Crippen LogP contribution is 2.19. The molecular weight excluding hydrogens is 245 g/mol. The summed E-state index contributed by atoms with van der Waals surface area (Å²) in [4.78, 5) is 14.0. The number of ether oxygens (including phenoxy) is 1. The molecular formula is C15H20FNO2. The number of hydrogen-bond donors (Lipinski definition) is 0. The van der Waals surface area contributed by atoms with E-state index in [0.717, 1.165) is 31.5 Å². The highest BCUT2D eigenvalue weighted by atomic mass is 19.1. The molecule has 0 N–H and O–H groups in total. The Balaban J connectivity index is 1.73. The van der Waals surface area contributed by atoms with E-state index >= 15 is 0 Å². The fourth-order valence-electron chi connectivity index (χ4n) is 2.36. The van der Waals surface area contributed by atoms with Crippen LogP contribution in [0.25, 0.3) is 0 Å². The molecule has 104 valence electrons. The van der Waals surface area contributed by atoms with Crippen molar-refractivity contribution in [2.24, 2.45) is 5.92 Å². The number of likely N-dealkylation sites (tertiary alicyclic amines) is 1. The van der Waals surface area contributed by atoms with Crippen LogP contribution >= 0.6 is 0 Å². The smallest absolute Gasteiger partial charge is 0.309 e. The molecule has 0 spiro atoms. The van der Waals surface area contributed by atoms with Gasteiger partial charge in [-0.05, 0) is 31.5 Å². The number of rotatable bonds is 5. The topological polar surface area (TPSA) is 29.5 Å². The molecule has 2 rings (SSSR count). The average Bonchev–Trinajstić information content (AvgIpc) is 2.47. The van der Waals surface area contributed by atoms with E-state index in [1.807, 2.05) is 30.3 Å². The van der Waals surface area contributed by atoms with E-state index < -0.39 is 0 Å². The van der Waals surface area contributed by atoms with E-state index in [0.29, 0.717) is 13.2 Å². The van der Waals surface area contributed by atoms with Gasteiger partial charge in [-0.25, -0.2) is 4.39 Å². The van der Waals surface area contributed by atoms with E-state index in [4.69, 9.17) is 4.74 Å². The predicted octanol–water partition coefficient (Wildman–Crippen LogP) is 2.41. The first-order chi connectivity index (χ1) is 9.29. The molecule has 0 aliphatic carbocycles. The molecule has 4 heteroatoms. The van der Waals surface area contributed by atoms with Crippen LogP contribution in [0.4, 0.5) is 4.39 Å². The van der Waals surface area contributed by atoms with Crippen LogP contribution in [0.5, 0.6) is 0 Å². The van der Waals surface area contributed by atoms with E-state index in [2.05, 4.69) is 4.90 Å². The first kappa shape index (κ1) is 14.0. The van der Waals surface area contributed by atoms with Crippen LogP contribution in [0.2, 0.25) is 0 Å². The lowest BCUT2D eigenvalue weighted by atomic mass is 9.97. The lowest BCUT2D eigenvalue weighted by Gasteiger charge is -2.29. The summed E-state index contributed by atoms with van der Waals surface area (Å²) in [5.41, 5.74) is 1.01. The normalized spacial score (nSPS) is 17.3. The van der Waals surface area contributed by atoms with Crippen LogP contribution in [-0.4, -0.2) is 37.2 Å². The Kier molecular flexibility index (Phi) is 5.33. The predicted molar refractivity (Wildman–Crippen MR) is 71.4 cm³/mol. The maximum Gasteiger partial charge on any atom is 0.309 e. The van der Waals surface area contributed by atoms with Crippen molar-refractivity contribution >= 4 is 5.97 Å². The highest BCUT2D eigenvalue weighted by molar-refractivity contribution is 5.72. The largest absolute Gasteiger partial charge is 0.461 e. The van der Waals surface area contributed by atoms with Crippen LogP contribution in [0.3, 0.4) is 0 Å². The minimum Gasteiger partial charge on any atom is -0.461 e. The van der Waals surface area contributed by atoms with Crippen molar-refractivity contribution in [3.63, 3.8) is 0 Å². The number of alkyl halides is 1. The summed E-state index contributed by atoms with van der Waals surface area (Å²) in [6.07, 6.45) is 1.54. The number of hydrogen-bond acceptors (Lipinski definition) is 3. The van der Waals surface area contributed by atoms with Gasteiger partial charge in [0.1, 0.15) is 13.3 Å². The Bertz CT molecular complexity index is 388. The average molecular weight is 265 g/mol. The van der Waals surface area contributed by atoms with Crippen molar-refractivity contribution < 1.29 is 13.9 Å². The molecule has 1 saturated heterocycles. The lowest BCUT2D eigenvalue weighted by Crippen LogP contribution is -2.37. The van der Waals surface area contributed by atoms with E-state index in [1.165, 1.54) is 0 Å². The van der Waals surface area contributed by atoms with Gasteiger partial charge in [0.05, 0.1) is 5.92 Å². The summed E-state index contributed by atoms with van der Waals surface area (Å²) in [6, 6.07) is 9.68. The maximum atomic E-state index is 12.2. The molecule has 0 unspecified atom stereocenters. The van der Waals surface area contributed by atoms with Crippen molar-refractivity contribution in [2.45, 2.75) is 19.4 Å². The Labute approximate surface area is 113 Å². The number of carbonyl (C=O) groups is 1. The minimum absolute atomic E-state index is 0.0282. The monoisotopic (exact) mass is 265 g/mol. The van der Waals surface area contributed by atoms with Crippen molar-refractivity contribution in [1.29, 1.82) is 0 Å². The third-order valence-corrected chi connectivity index (χ3v) is 3.55. The zero-order valence-electron chi connectivity index (χ0n) is 11.1. The molecule has 1 aliphatic rings. The minimum atomic E-state index is -0.316. The number of halogens is 1. The van der Waals surface area contributed by atoms with Crippen molar-refractivity contribution in [3.8, 4) is 0 Å². The maximum absolute atomic E-state index is 12.2. The molecule has 19 heavy (non-hydrogen) atoms. The number of carbonyl (C=O) groups excluding carboxylic acids is 1. The van der Waals surface area contributed by atoms with Crippen LogP contribution in [0.15, 0.2) is 30.3 Å². The number of esters is 1. The Morgan fingerprint density at radius 2 is 1.95 bits per heavy atom. The summed E-state index contributed by atoms with van der Waals surface area (Å²) < 4.78 is 17.5. The van der Waals surface area contributed by atoms with Crippen LogP contribution < -0.4 is 0 Å². The third kappa shape index (κ3) is 4.31. The molecule has 1 aromatic carbocycles. The van der Waals surface area contributed by atoms with Crippen LogP contribution in [0.1, 0.15) is 18.4 Å². The fourth-order valence-corrected chi connectivity index (χ4v) is 2.36. The van der Waals surface area contributed by atoms with Gasteiger partial charge in [0.25, 0.3) is 0 Å². The second-order valence-corrected chi connectivity index (χ2v) is 4.90. The SMILES string of the molecule is O=C(OCc1ccccc1)C1CCN(CCF)CC1. The lowest BCUT2D eigenvalue weighted by molar-refractivity contribution is -0.151. The number of nitrogens with zero attached hydrogens (tertiary/aromatic N) is 1. The van der Waals surface area contributed by atoms with Crippen molar-refractivity contribution in [2.75, 3.05) is 26.3 Å². The highest BCUT2D eigenvalue weighted by Gasteiger charge is 2.25. The molecule has 0 radical (unpaired) electrons. The van der Waals surface area contributed by atoms with Gasteiger partial charge in [-0.2, -0.15) is 0 Å². The van der Waals surface area contributed by atoms with Crippen molar-refractivity contribution in [3.05, 3.63) is 35.9 Å². The van der Waals surface area contributed by atoms with Gasteiger partial charge in [-0.1, -0.05) is 30.3 Å². The summed E-state index contributed by atoms with van der Waals surface area (Å²) in [7, 11) is 0. The second-order valence-electron chi connectivity index (χ2n) is 4.90. The van der Waals surface area contributed by atoms with Gasteiger partial charge < -0.3 is 9.64 Å². The summed E-state index contributed by atoms with van der Waals surface area (Å²) in [6.45, 7) is 2.07. The second kappa shape index (κ2) is 7.24. The quantitative estimate of drug-likeness (QED) is 0.766. The standard InChI is InChI=1S/C15H20FNO2/c16-8-11-17-9-6-14(7-10-17)15(18)19-12-13-4-2-1-3-5-13/h1-5,14H,6-12H2. The van der Waals surface area contributed by atoms with Gasteiger partial charge in [0.2, 0.25) is 0 Å². The van der Waals surface area contributed by atoms with Gasteiger partial charge in [-0.15, -0.1) is 0 Å². The third-order valence-electron chi connectivity index (χ3n) is 3.55. The van der Waals surface area contributed by atoms with E-state index in [-0.39, 0.29) is 18.6 Å². The van der Waals surface area contributed by atoms with Gasteiger partial charge in [0, 0.05) is 6.54 Å². The first-order valence-electron chi connectivity index (χ1n) is 6.78. The molecule has 1 aliphatic heterocycles. The van der Waals surface area contributed by atoms with Gasteiger partial charge >= 0.3 is 5.97 Å². The molecule has 3 nitrogen and oxygen atoms in total. The van der Waals surface area contributed by atoms with Gasteiger partial charge in [0.15, 0.2) is 0 Å². The number of benzene rings is 1. The molecule has 1 fully saturated rings. The zero-order chi connectivity index (χ0) is 13.5. The molecule has 0 bridgehead atoms. The molecule has 0 aromatic heterocycles. The molecule has 1 heterocycles. The molecule has 0 amide bonds. The van der Waals surface area contributed by atoms with E-state index in [9.17, 15) is 9.18 Å². The van der Waals surface area contributed by atoms with Crippen LogP contribution in [0, 0.1) is 5.92 Å². The Hall–Kier alpha value is -1.42. The fraction of sp³-hybridized carbons (Fsp3) is 0.533. The molecule has 0 atom stereocenters. The summed E-state index contributed by atoms with van der Waals surface area (Å²) in [5, 5.41) is 0. The summed E-state index contributed by atoms with van der Waals surface area (Å²) in [5.74, 6) is -0.150. The number of piperidine rings is 1. The molecule has 1 aromatic rings. The Morgan fingerprint density at radius 1 is 1.26 bits per heavy atom. The van der Waals surface area contributed by atoms with Crippen LogP contribution in [-0.2, 0) is 16.1 Å². The van der Waals surface area contributed by atoms with E-state index in [1.54, 1.807) is 0 Å².